The van der Waals surface area contributed by atoms with E-state index in [4.69, 9.17) is 0 Å². The van der Waals surface area contributed by atoms with Gasteiger partial charge >= 0.3 is 0 Å². The van der Waals surface area contributed by atoms with Gasteiger partial charge in [-0.1, -0.05) is 30.3 Å². The summed E-state index contributed by atoms with van der Waals surface area (Å²) in [6, 6.07) is 11.0. The fourth-order valence-electron chi connectivity index (χ4n) is 2.34. The molecule has 3 nitrogen and oxygen atoms in total. The molecule has 2 unspecified atom stereocenters. The Morgan fingerprint density at radius 3 is 2.50 bits per heavy atom. The maximum Gasteiger partial charge on any atom is 0.168 e. The zero-order valence-electron chi connectivity index (χ0n) is 11.0. The van der Waals surface area contributed by atoms with Gasteiger partial charge in [0.1, 0.15) is 0 Å². The zero-order valence-corrected chi connectivity index (χ0v) is 11.0. The Hall–Kier alpha value is -2.17. The van der Waals surface area contributed by atoms with Crippen LogP contribution in [0.3, 0.4) is 0 Å². The van der Waals surface area contributed by atoms with Crippen molar-refractivity contribution >= 4 is 11.6 Å². The van der Waals surface area contributed by atoms with E-state index in [0.29, 0.717) is 5.92 Å². The minimum atomic E-state index is -0.689. The summed E-state index contributed by atoms with van der Waals surface area (Å²) in [4.78, 5) is 3.93. The Morgan fingerprint density at radius 2 is 1.80 bits per heavy atom. The van der Waals surface area contributed by atoms with Crippen molar-refractivity contribution < 1.29 is 8.78 Å². The highest BCUT2D eigenvalue weighted by Gasteiger charge is 2.39. The van der Waals surface area contributed by atoms with Crippen LogP contribution in [0.2, 0.25) is 0 Å². The fourth-order valence-corrected chi connectivity index (χ4v) is 2.34. The average Bonchev–Trinajstić information content (AvgIpc) is 3.22. The van der Waals surface area contributed by atoms with Gasteiger partial charge in [0.05, 0.1) is 0 Å². The molecule has 1 aliphatic rings. The molecule has 1 fully saturated rings. The molecule has 0 saturated heterocycles. The highest BCUT2D eigenvalue weighted by molar-refractivity contribution is 5.49. The normalized spacial score (nSPS) is 20.6. The monoisotopic (exact) mass is 275 g/mol. The van der Waals surface area contributed by atoms with Crippen molar-refractivity contribution in [2.45, 2.75) is 18.4 Å². The molecule has 3 rings (SSSR count). The molecule has 1 heterocycles. The molecular formula is C15H15F2N3. The van der Waals surface area contributed by atoms with Gasteiger partial charge in [-0.15, -0.1) is 0 Å². The van der Waals surface area contributed by atoms with Gasteiger partial charge in [-0.05, 0) is 12.0 Å². The van der Waals surface area contributed by atoms with Crippen LogP contribution in [0.15, 0.2) is 36.4 Å². The predicted molar refractivity (Wildman–Crippen MR) is 74.9 cm³/mol. The molecule has 2 N–H and O–H groups in total. The second-order valence-corrected chi connectivity index (χ2v) is 4.90. The van der Waals surface area contributed by atoms with Crippen molar-refractivity contribution in [3.8, 4) is 0 Å². The molecule has 0 amide bonds. The third-order valence-corrected chi connectivity index (χ3v) is 3.51. The Labute approximate surface area is 116 Å². The number of anilines is 2. The molecule has 1 aliphatic carbocycles. The lowest BCUT2D eigenvalue weighted by atomic mass is 10.1. The van der Waals surface area contributed by atoms with Crippen LogP contribution in [0, 0.1) is 11.6 Å². The van der Waals surface area contributed by atoms with Crippen molar-refractivity contribution in [2.24, 2.45) is 0 Å². The van der Waals surface area contributed by atoms with Crippen molar-refractivity contribution in [2.75, 3.05) is 17.7 Å². The minimum Gasteiger partial charge on any atom is -0.371 e. The molecule has 0 spiro atoms. The standard InChI is InChI=1S/C15H15F2N3/c1-18-14-11(16)8-12(17)15(20-14)19-13-7-10(13)9-5-3-2-4-6-9/h2-6,8,10,13H,7H2,1H3,(H2,18,19,20). The van der Waals surface area contributed by atoms with E-state index in [1.54, 1.807) is 7.05 Å². The summed E-state index contributed by atoms with van der Waals surface area (Å²) >= 11 is 0. The van der Waals surface area contributed by atoms with Crippen molar-refractivity contribution in [1.82, 2.24) is 4.98 Å². The number of hydrogen-bond acceptors (Lipinski definition) is 3. The second-order valence-electron chi connectivity index (χ2n) is 4.90. The van der Waals surface area contributed by atoms with Crippen LogP contribution in [0.4, 0.5) is 20.4 Å². The second kappa shape index (κ2) is 5.07. The number of pyridine rings is 1. The van der Waals surface area contributed by atoms with Crippen LogP contribution in [0.5, 0.6) is 0 Å². The number of benzene rings is 1. The van der Waals surface area contributed by atoms with Crippen molar-refractivity contribution in [3.05, 3.63) is 53.6 Å². The van der Waals surface area contributed by atoms with E-state index in [2.05, 4.69) is 27.8 Å². The summed E-state index contributed by atoms with van der Waals surface area (Å²) in [6.45, 7) is 0. The summed E-state index contributed by atoms with van der Waals surface area (Å²) in [5, 5.41) is 5.65. The predicted octanol–water partition coefficient (Wildman–Crippen LogP) is 3.37. The van der Waals surface area contributed by atoms with Gasteiger partial charge in [0, 0.05) is 25.1 Å². The molecule has 1 saturated carbocycles. The third kappa shape index (κ3) is 2.43. The first-order valence-electron chi connectivity index (χ1n) is 6.54. The smallest absolute Gasteiger partial charge is 0.168 e. The van der Waals surface area contributed by atoms with Crippen LogP contribution in [0.1, 0.15) is 17.9 Å². The zero-order chi connectivity index (χ0) is 14.1. The van der Waals surface area contributed by atoms with Crippen LogP contribution in [0.25, 0.3) is 0 Å². The van der Waals surface area contributed by atoms with Gasteiger partial charge in [0.25, 0.3) is 0 Å². The van der Waals surface area contributed by atoms with Crippen LogP contribution in [-0.2, 0) is 0 Å². The van der Waals surface area contributed by atoms with E-state index < -0.39 is 11.6 Å². The van der Waals surface area contributed by atoms with Gasteiger partial charge in [-0.2, -0.15) is 0 Å². The topological polar surface area (TPSA) is 37.0 Å². The molecule has 2 atom stereocenters. The Bertz CT molecular complexity index is 616. The van der Waals surface area contributed by atoms with E-state index >= 15 is 0 Å². The van der Waals surface area contributed by atoms with E-state index in [-0.39, 0.29) is 17.7 Å². The fraction of sp³-hybridized carbons (Fsp3) is 0.267. The maximum atomic E-state index is 13.7. The number of hydrogen-bond donors (Lipinski definition) is 2. The van der Waals surface area contributed by atoms with E-state index in [1.807, 2.05) is 18.2 Å². The Morgan fingerprint density at radius 1 is 1.10 bits per heavy atom. The van der Waals surface area contributed by atoms with Crippen LogP contribution >= 0.6 is 0 Å². The maximum absolute atomic E-state index is 13.7. The summed E-state index contributed by atoms with van der Waals surface area (Å²) in [5.41, 5.74) is 1.22. The van der Waals surface area contributed by atoms with Gasteiger partial charge in [-0.3, -0.25) is 0 Å². The number of halogens is 2. The first-order valence-corrected chi connectivity index (χ1v) is 6.54. The lowest BCUT2D eigenvalue weighted by molar-refractivity contribution is 0.578. The molecule has 2 aromatic rings. The van der Waals surface area contributed by atoms with Crippen molar-refractivity contribution in [3.63, 3.8) is 0 Å². The molecule has 0 radical (unpaired) electrons. The quantitative estimate of drug-likeness (QED) is 0.898. The average molecular weight is 275 g/mol. The molecule has 1 aromatic heterocycles. The number of nitrogens with one attached hydrogen (secondary N) is 2. The number of nitrogens with zero attached hydrogens (tertiary/aromatic N) is 1. The van der Waals surface area contributed by atoms with Crippen LogP contribution < -0.4 is 10.6 Å². The highest BCUT2D eigenvalue weighted by atomic mass is 19.1. The van der Waals surface area contributed by atoms with Crippen LogP contribution in [-0.4, -0.2) is 18.1 Å². The van der Waals surface area contributed by atoms with Gasteiger partial charge < -0.3 is 10.6 Å². The third-order valence-electron chi connectivity index (χ3n) is 3.51. The summed E-state index contributed by atoms with van der Waals surface area (Å²) in [5.74, 6) is -0.850. The number of aromatic nitrogens is 1. The van der Waals surface area contributed by atoms with E-state index in [0.717, 1.165) is 12.5 Å². The van der Waals surface area contributed by atoms with Gasteiger partial charge in [-0.25, -0.2) is 13.8 Å². The molecule has 5 heteroatoms. The molecule has 1 aromatic carbocycles. The molecular weight excluding hydrogens is 260 g/mol. The Balaban J connectivity index is 1.74. The number of rotatable bonds is 4. The molecule has 0 aliphatic heterocycles. The SMILES string of the molecule is CNc1nc(NC2CC2c2ccccc2)c(F)cc1F. The first kappa shape index (κ1) is 12.8. The van der Waals surface area contributed by atoms with Crippen molar-refractivity contribution in [1.29, 1.82) is 0 Å². The lowest BCUT2D eigenvalue weighted by Gasteiger charge is -2.09. The molecule has 20 heavy (non-hydrogen) atoms. The van der Waals surface area contributed by atoms with Gasteiger partial charge in [0.15, 0.2) is 23.3 Å². The van der Waals surface area contributed by atoms with E-state index in [9.17, 15) is 8.78 Å². The Kier molecular flexibility index (Phi) is 3.26. The lowest BCUT2D eigenvalue weighted by Crippen LogP contribution is -2.10. The first-order chi connectivity index (χ1) is 9.69. The summed E-state index contributed by atoms with van der Waals surface area (Å²) < 4.78 is 27.0. The molecule has 0 bridgehead atoms. The minimum absolute atomic E-state index is 0.0470. The largest absolute Gasteiger partial charge is 0.371 e. The highest BCUT2D eigenvalue weighted by Crippen LogP contribution is 2.42. The van der Waals surface area contributed by atoms with E-state index in [1.165, 1.54) is 5.56 Å². The summed E-state index contributed by atoms with van der Waals surface area (Å²) in [6.07, 6.45) is 0.928. The summed E-state index contributed by atoms with van der Waals surface area (Å²) in [7, 11) is 1.55. The molecule has 104 valence electrons. The van der Waals surface area contributed by atoms with Gasteiger partial charge in [0.2, 0.25) is 0 Å².